The molecule has 1 spiro atoms. The smallest absolute Gasteiger partial charge is 0.0899 e. The largest absolute Gasteiger partial charge is 0.380 e. The van der Waals surface area contributed by atoms with Crippen molar-refractivity contribution in [3.63, 3.8) is 0 Å². The van der Waals surface area contributed by atoms with E-state index in [0.717, 1.165) is 38.1 Å². The van der Waals surface area contributed by atoms with Gasteiger partial charge in [-0.15, -0.1) is 6.58 Å². The SMILES string of the molecule is C=CCCOC12[C@@H]3C[C@@H]4COC[C@@]41C=C[C@@H]32. The van der Waals surface area contributed by atoms with E-state index in [-0.39, 0.29) is 11.0 Å². The summed E-state index contributed by atoms with van der Waals surface area (Å²) in [6.45, 7) is 6.41. The van der Waals surface area contributed by atoms with Crippen LogP contribution in [0.15, 0.2) is 24.8 Å². The fourth-order valence-corrected chi connectivity index (χ4v) is 4.61. The summed E-state index contributed by atoms with van der Waals surface area (Å²) in [5, 5.41) is 0. The molecule has 3 aliphatic carbocycles. The third kappa shape index (κ3) is 0.780. The molecule has 2 heteroatoms. The van der Waals surface area contributed by atoms with Crippen molar-refractivity contribution in [1.29, 1.82) is 0 Å². The van der Waals surface area contributed by atoms with Crippen molar-refractivity contribution in [3.8, 4) is 0 Å². The molecule has 1 heterocycles. The van der Waals surface area contributed by atoms with Crippen LogP contribution in [0.4, 0.5) is 0 Å². The van der Waals surface area contributed by atoms with Gasteiger partial charge in [0.1, 0.15) is 0 Å². The van der Waals surface area contributed by atoms with Crippen molar-refractivity contribution >= 4 is 0 Å². The van der Waals surface area contributed by atoms with Crippen molar-refractivity contribution in [3.05, 3.63) is 24.8 Å². The summed E-state index contributed by atoms with van der Waals surface area (Å²) in [5.41, 5.74) is 0.376. The van der Waals surface area contributed by atoms with Crippen molar-refractivity contribution in [2.75, 3.05) is 19.8 Å². The Balaban J connectivity index is 1.64. The third-order valence-electron chi connectivity index (χ3n) is 5.29. The predicted octanol–water partition coefficient (Wildman–Crippen LogP) is 2.17. The number of hydrogen-bond acceptors (Lipinski definition) is 2. The number of ether oxygens (including phenoxy) is 2. The van der Waals surface area contributed by atoms with Crippen LogP contribution in [0.2, 0.25) is 0 Å². The molecule has 4 aliphatic rings. The van der Waals surface area contributed by atoms with E-state index in [9.17, 15) is 0 Å². The fraction of sp³-hybridized carbons (Fsp3) is 0.714. The van der Waals surface area contributed by atoms with Gasteiger partial charge < -0.3 is 9.47 Å². The number of hydrogen-bond donors (Lipinski definition) is 0. The van der Waals surface area contributed by atoms with Gasteiger partial charge in [-0.1, -0.05) is 18.2 Å². The Hall–Kier alpha value is -0.600. The summed E-state index contributed by atoms with van der Waals surface area (Å²) < 4.78 is 12.0. The minimum absolute atomic E-state index is 0.136. The quantitative estimate of drug-likeness (QED) is 0.532. The van der Waals surface area contributed by atoms with Crippen LogP contribution in [-0.2, 0) is 9.47 Å². The molecule has 0 amide bonds. The summed E-state index contributed by atoms with van der Waals surface area (Å²) in [7, 11) is 0. The third-order valence-corrected chi connectivity index (χ3v) is 5.29. The van der Waals surface area contributed by atoms with Crippen LogP contribution in [0, 0.1) is 23.2 Å². The summed E-state index contributed by atoms with van der Waals surface area (Å²) >= 11 is 0. The number of rotatable bonds is 4. The van der Waals surface area contributed by atoms with Crippen LogP contribution in [-0.4, -0.2) is 25.4 Å². The van der Waals surface area contributed by atoms with E-state index in [4.69, 9.17) is 9.47 Å². The standard InChI is InChI=1S/C14H18O2/c1-2-3-6-16-14-11-4-5-13(14)9-15-8-10(13)7-12(11)14/h2,4-5,10-12H,1,3,6-9H2/t10-,11+,12-,13+,14?/m1/s1. The zero-order valence-electron chi connectivity index (χ0n) is 9.52. The topological polar surface area (TPSA) is 18.5 Å². The minimum Gasteiger partial charge on any atom is -0.380 e. The Bertz CT molecular complexity index is 375. The fourth-order valence-electron chi connectivity index (χ4n) is 4.61. The zero-order valence-corrected chi connectivity index (χ0v) is 9.52. The molecule has 1 saturated heterocycles. The van der Waals surface area contributed by atoms with Gasteiger partial charge >= 0.3 is 0 Å². The summed E-state index contributed by atoms with van der Waals surface area (Å²) in [6, 6.07) is 0. The molecule has 3 fully saturated rings. The molecule has 0 N–H and O–H groups in total. The Labute approximate surface area is 96.3 Å². The molecule has 0 aromatic heterocycles. The lowest BCUT2D eigenvalue weighted by molar-refractivity contribution is -0.0464. The van der Waals surface area contributed by atoms with Crippen LogP contribution in [0.25, 0.3) is 0 Å². The zero-order chi connectivity index (χ0) is 10.8. The second-order valence-corrected chi connectivity index (χ2v) is 5.70. The van der Waals surface area contributed by atoms with Crippen LogP contribution >= 0.6 is 0 Å². The molecule has 1 aliphatic heterocycles. The van der Waals surface area contributed by atoms with Crippen LogP contribution in [0.3, 0.4) is 0 Å². The molecule has 0 radical (unpaired) electrons. The van der Waals surface area contributed by atoms with Crippen molar-refractivity contribution in [1.82, 2.24) is 0 Å². The van der Waals surface area contributed by atoms with E-state index < -0.39 is 0 Å². The first-order valence-electron chi connectivity index (χ1n) is 6.37. The van der Waals surface area contributed by atoms with Crippen LogP contribution < -0.4 is 0 Å². The molecular formula is C14H18O2. The van der Waals surface area contributed by atoms with Gasteiger partial charge in [0.25, 0.3) is 0 Å². The lowest BCUT2D eigenvalue weighted by atomic mass is 9.77. The molecule has 1 unspecified atom stereocenters. The van der Waals surface area contributed by atoms with E-state index in [0.29, 0.717) is 5.92 Å². The van der Waals surface area contributed by atoms with Gasteiger partial charge in [-0.2, -0.15) is 0 Å². The molecule has 2 saturated carbocycles. The van der Waals surface area contributed by atoms with E-state index in [1.54, 1.807) is 0 Å². The summed E-state index contributed by atoms with van der Waals surface area (Å²) in [6.07, 6.45) is 9.02. The van der Waals surface area contributed by atoms with E-state index in [2.05, 4.69) is 18.7 Å². The average Bonchev–Trinajstić information content (AvgIpc) is 2.58. The number of fused-ring (bicyclic) bond motifs is 1. The van der Waals surface area contributed by atoms with Crippen molar-refractivity contribution < 1.29 is 9.47 Å². The Kier molecular flexibility index (Phi) is 1.65. The Morgan fingerprint density at radius 3 is 3.38 bits per heavy atom. The van der Waals surface area contributed by atoms with Crippen molar-refractivity contribution in [2.24, 2.45) is 23.2 Å². The highest BCUT2D eigenvalue weighted by Crippen LogP contribution is 2.78. The molecule has 86 valence electrons. The molecular weight excluding hydrogens is 200 g/mol. The van der Waals surface area contributed by atoms with E-state index in [1.165, 1.54) is 6.42 Å². The first kappa shape index (κ1) is 9.43. The second kappa shape index (κ2) is 2.80. The maximum Gasteiger partial charge on any atom is 0.0899 e. The second-order valence-electron chi connectivity index (χ2n) is 5.70. The van der Waals surface area contributed by atoms with Gasteiger partial charge in [0.15, 0.2) is 0 Å². The Morgan fingerprint density at radius 2 is 2.50 bits per heavy atom. The van der Waals surface area contributed by atoms with Crippen LogP contribution in [0.5, 0.6) is 0 Å². The molecule has 5 atom stereocenters. The molecule has 0 aromatic rings. The summed E-state index contributed by atoms with van der Waals surface area (Å²) in [5.74, 6) is 2.20. The maximum atomic E-state index is 6.28. The first-order chi connectivity index (χ1) is 7.85. The Morgan fingerprint density at radius 1 is 1.56 bits per heavy atom. The van der Waals surface area contributed by atoms with Gasteiger partial charge in [0.05, 0.1) is 25.4 Å². The molecule has 0 bridgehead atoms. The molecule has 4 rings (SSSR count). The van der Waals surface area contributed by atoms with Gasteiger partial charge in [-0.25, -0.2) is 0 Å². The summed E-state index contributed by atoms with van der Waals surface area (Å²) in [4.78, 5) is 0. The highest BCUT2D eigenvalue weighted by molar-refractivity contribution is 5.43. The monoisotopic (exact) mass is 218 g/mol. The average molecular weight is 218 g/mol. The molecule has 2 nitrogen and oxygen atoms in total. The lowest BCUT2D eigenvalue weighted by Gasteiger charge is -2.33. The predicted molar refractivity (Wildman–Crippen MR) is 61.0 cm³/mol. The first-order valence-corrected chi connectivity index (χ1v) is 6.37. The van der Waals surface area contributed by atoms with E-state index >= 15 is 0 Å². The van der Waals surface area contributed by atoms with Crippen LogP contribution in [0.1, 0.15) is 12.8 Å². The lowest BCUT2D eigenvalue weighted by Crippen LogP contribution is -2.40. The molecule has 16 heavy (non-hydrogen) atoms. The normalized spacial score (nSPS) is 55.1. The molecule has 0 aromatic carbocycles. The van der Waals surface area contributed by atoms with E-state index in [1.807, 2.05) is 6.08 Å². The highest BCUT2D eigenvalue weighted by atomic mass is 16.5. The van der Waals surface area contributed by atoms with Gasteiger partial charge in [0.2, 0.25) is 0 Å². The van der Waals surface area contributed by atoms with Gasteiger partial charge in [0, 0.05) is 11.3 Å². The van der Waals surface area contributed by atoms with Gasteiger partial charge in [-0.3, -0.25) is 0 Å². The maximum absolute atomic E-state index is 6.28. The highest BCUT2D eigenvalue weighted by Gasteiger charge is 2.83. The van der Waals surface area contributed by atoms with Crippen molar-refractivity contribution in [2.45, 2.75) is 18.4 Å². The van der Waals surface area contributed by atoms with Gasteiger partial charge in [-0.05, 0) is 24.7 Å². The minimum atomic E-state index is 0.136.